The summed E-state index contributed by atoms with van der Waals surface area (Å²) in [5.74, 6) is -2.17. The first kappa shape index (κ1) is 44.6. The number of amides is 4. The first-order valence-electron chi connectivity index (χ1n) is 21.1. The standard InChI is InChI=1S/C44H57FN6O8S2/c1-9-26-20-44(26,42(55)51(61(56)57)28-12-13-28)48-39(53)34-17-29(22-50(34)41(54)31(43(5,6)7)18-37(52)49-16-10-11-27(45)21-49)59-36-19-32(40-47-33(23-60-40)24(2)3)46-38-25(4)35(58-8)15-14-30(36)38/h9,14-15,19,23-24,26-29,31,34H,1,10-13,16-18,20-22H2,2-8H3,(H,48,53)(H,56,57)/t26-,27?,29-,31-,34+,44?/m1/s1. The number of carbonyl (C=O) groups is 4. The van der Waals surface area contributed by atoms with Gasteiger partial charge in [-0.2, -0.15) is 0 Å². The van der Waals surface area contributed by atoms with Gasteiger partial charge in [-0.05, 0) is 62.5 Å². The van der Waals surface area contributed by atoms with Crippen molar-refractivity contribution in [2.75, 3.05) is 26.7 Å². The SMILES string of the molecule is C=C[C@@H]1CC1(NC(=O)[C@@H]1C[C@@H](Oc2cc(-c3nc(C(C)C)cs3)nc3c(C)c(OC)ccc23)CN1C(=O)[C@@H](CC(=O)N1CCCC(F)C1)C(C)(C)C)C(=O)N(C1CC1)S(=O)O. The number of carbonyl (C=O) groups excluding carboxylic acids is 4. The smallest absolute Gasteiger partial charge is 0.264 e. The predicted molar refractivity (Wildman–Crippen MR) is 231 cm³/mol. The van der Waals surface area contributed by atoms with E-state index in [-0.39, 0.29) is 44.2 Å². The molecule has 4 heterocycles. The summed E-state index contributed by atoms with van der Waals surface area (Å²) in [6.07, 6.45) is 1.75. The number of alkyl halides is 1. The Morgan fingerprint density at radius 1 is 1.16 bits per heavy atom. The van der Waals surface area contributed by atoms with Gasteiger partial charge in [0.15, 0.2) is 0 Å². The van der Waals surface area contributed by atoms with Gasteiger partial charge < -0.3 is 24.6 Å². The molecule has 3 unspecified atom stereocenters. The van der Waals surface area contributed by atoms with Gasteiger partial charge in [0, 0.05) is 53.7 Å². The van der Waals surface area contributed by atoms with Crippen molar-refractivity contribution in [2.24, 2.45) is 17.3 Å². The van der Waals surface area contributed by atoms with Crippen molar-refractivity contribution in [3.8, 4) is 22.2 Å². The number of thiazole rings is 1. The largest absolute Gasteiger partial charge is 0.496 e. The fourth-order valence-corrected chi connectivity index (χ4v) is 10.4. The summed E-state index contributed by atoms with van der Waals surface area (Å²) in [5.41, 5.74) is 0.682. The molecule has 2 saturated heterocycles. The number of benzene rings is 1. The molecule has 1 aromatic carbocycles. The highest BCUT2D eigenvalue weighted by Gasteiger charge is 2.64. The summed E-state index contributed by atoms with van der Waals surface area (Å²) in [6.45, 7) is 15.8. The highest BCUT2D eigenvalue weighted by molar-refractivity contribution is 7.77. The maximum absolute atomic E-state index is 15.0. The van der Waals surface area contributed by atoms with E-state index in [0.29, 0.717) is 65.3 Å². The Morgan fingerprint density at radius 3 is 2.49 bits per heavy atom. The summed E-state index contributed by atoms with van der Waals surface area (Å²) in [4.78, 5) is 70.2. The lowest BCUT2D eigenvalue weighted by Crippen LogP contribution is -2.57. The first-order valence-corrected chi connectivity index (χ1v) is 23.0. The molecule has 0 radical (unpaired) electrons. The van der Waals surface area contributed by atoms with Gasteiger partial charge in [0.25, 0.3) is 17.2 Å². The van der Waals surface area contributed by atoms with E-state index in [2.05, 4.69) is 25.7 Å². The number of hydrogen-bond donors (Lipinski definition) is 2. The number of halogens is 1. The highest BCUT2D eigenvalue weighted by atomic mass is 32.2. The van der Waals surface area contributed by atoms with Crippen molar-refractivity contribution in [1.82, 2.24) is 29.4 Å². The normalized spacial score (nSPS) is 25.0. The van der Waals surface area contributed by atoms with E-state index in [4.69, 9.17) is 19.4 Å². The van der Waals surface area contributed by atoms with Crippen molar-refractivity contribution in [3.63, 3.8) is 0 Å². The van der Waals surface area contributed by atoms with E-state index in [1.807, 2.05) is 51.3 Å². The number of fused-ring (bicyclic) bond motifs is 1. The van der Waals surface area contributed by atoms with Gasteiger partial charge in [0.1, 0.15) is 46.1 Å². The van der Waals surface area contributed by atoms with Gasteiger partial charge in [0.05, 0.1) is 37.3 Å². The van der Waals surface area contributed by atoms with Crippen LogP contribution in [-0.4, -0.2) is 113 Å². The molecule has 7 rings (SSSR count). The topological polar surface area (TPSA) is 172 Å². The molecule has 7 atom stereocenters. The minimum absolute atomic E-state index is 0.0291. The molecule has 2 aliphatic carbocycles. The third-order valence-corrected chi connectivity index (χ3v) is 14.2. The van der Waals surface area contributed by atoms with E-state index in [0.717, 1.165) is 15.6 Å². The zero-order valence-electron chi connectivity index (χ0n) is 35.9. The molecule has 14 nitrogen and oxygen atoms in total. The second kappa shape index (κ2) is 17.4. The van der Waals surface area contributed by atoms with Gasteiger partial charge in [-0.15, -0.1) is 17.9 Å². The summed E-state index contributed by atoms with van der Waals surface area (Å²) in [5, 5.41) is 6.31. The van der Waals surface area contributed by atoms with E-state index in [1.54, 1.807) is 13.2 Å². The fourth-order valence-electron chi connectivity index (χ4n) is 8.64. The summed E-state index contributed by atoms with van der Waals surface area (Å²) in [7, 11) is 1.59. The predicted octanol–water partition coefficient (Wildman–Crippen LogP) is 6.35. The molecule has 2 saturated carbocycles. The molecule has 4 fully saturated rings. The average molecular weight is 881 g/mol. The van der Waals surface area contributed by atoms with Crippen LogP contribution in [0.1, 0.15) is 96.7 Å². The molecule has 0 bridgehead atoms. The summed E-state index contributed by atoms with van der Waals surface area (Å²) in [6, 6.07) is 3.95. The Labute approximate surface area is 363 Å². The Morgan fingerprint density at radius 2 is 1.90 bits per heavy atom. The number of piperidine rings is 1. The van der Waals surface area contributed by atoms with Crippen molar-refractivity contribution in [2.45, 2.75) is 122 Å². The number of nitrogens with zero attached hydrogens (tertiary/aromatic N) is 5. The molecule has 2 N–H and O–H groups in total. The monoisotopic (exact) mass is 880 g/mol. The van der Waals surface area contributed by atoms with Crippen LogP contribution in [0.2, 0.25) is 0 Å². The lowest BCUT2D eigenvalue weighted by molar-refractivity contribution is -0.149. The first-order chi connectivity index (χ1) is 28.9. The van der Waals surface area contributed by atoms with E-state index < -0.39 is 76.1 Å². The Balaban J connectivity index is 1.24. The molecule has 4 aliphatic rings. The van der Waals surface area contributed by atoms with E-state index >= 15 is 0 Å². The molecule has 17 heteroatoms. The minimum atomic E-state index is -2.61. The molecule has 330 valence electrons. The Hall–Kier alpha value is -4.48. The lowest BCUT2D eigenvalue weighted by atomic mass is 9.77. The van der Waals surface area contributed by atoms with Gasteiger partial charge >= 0.3 is 0 Å². The number of nitrogens with one attached hydrogen (secondary N) is 1. The molecule has 0 spiro atoms. The van der Waals surface area contributed by atoms with Gasteiger partial charge in [0.2, 0.25) is 17.7 Å². The van der Waals surface area contributed by atoms with Crippen molar-refractivity contribution >= 4 is 57.1 Å². The molecule has 4 amide bonds. The number of likely N-dealkylation sites (tertiary alicyclic amines) is 2. The number of hydrogen-bond acceptors (Lipinski definition) is 10. The number of methoxy groups -OCH3 is 1. The summed E-state index contributed by atoms with van der Waals surface area (Å²) < 4.78 is 50.4. The van der Waals surface area contributed by atoms with Crippen LogP contribution in [0.3, 0.4) is 0 Å². The van der Waals surface area contributed by atoms with Crippen LogP contribution >= 0.6 is 11.3 Å². The van der Waals surface area contributed by atoms with Gasteiger partial charge in [-0.25, -0.2) is 22.9 Å². The van der Waals surface area contributed by atoms with Crippen LogP contribution in [0.25, 0.3) is 21.6 Å². The van der Waals surface area contributed by atoms with Crippen LogP contribution in [0.4, 0.5) is 4.39 Å². The Bertz CT molecular complexity index is 2240. The van der Waals surface area contributed by atoms with Crippen molar-refractivity contribution in [1.29, 1.82) is 0 Å². The lowest BCUT2D eigenvalue weighted by Gasteiger charge is -2.37. The second-order valence-corrected chi connectivity index (χ2v) is 20.0. The van der Waals surface area contributed by atoms with Gasteiger partial charge in [-0.1, -0.05) is 40.7 Å². The Kier molecular flexibility index (Phi) is 12.7. The van der Waals surface area contributed by atoms with Crippen molar-refractivity contribution < 1.29 is 41.8 Å². The fraction of sp³-hybridized carbons (Fsp3) is 0.591. The zero-order chi connectivity index (χ0) is 44.1. The average Bonchev–Trinajstić information content (AvgIpc) is 4.06. The molecular formula is C44H57FN6O8S2. The van der Waals surface area contributed by atoms with Crippen LogP contribution in [0.15, 0.2) is 36.2 Å². The van der Waals surface area contributed by atoms with Gasteiger partial charge in [-0.3, -0.25) is 23.7 Å². The third kappa shape index (κ3) is 9.06. The van der Waals surface area contributed by atoms with Crippen LogP contribution in [0, 0.1) is 24.2 Å². The second-order valence-electron chi connectivity index (χ2n) is 18.3. The summed E-state index contributed by atoms with van der Waals surface area (Å²) >= 11 is -1.14. The molecule has 3 aromatic rings. The maximum Gasteiger partial charge on any atom is 0.264 e. The molecule has 2 aromatic heterocycles. The third-order valence-electron chi connectivity index (χ3n) is 12.6. The number of aromatic nitrogens is 2. The number of aryl methyl sites for hydroxylation is 1. The number of rotatable bonds is 14. The highest BCUT2D eigenvalue weighted by Crippen LogP contribution is 2.48. The van der Waals surface area contributed by atoms with Crippen LogP contribution in [-0.2, 0) is 30.4 Å². The molecule has 2 aliphatic heterocycles. The zero-order valence-corrected chi connectivity index (χ0v) is 37.6. The number of pyridine rings is 1. The van der Waals surface area contributed by atoms with Crippen LogP contribution < -0.4 is 14.8 Å². The maximum atomic E-state index is 15.0. The van der Waals surface area contributed by atoms with E-state index in [9.17, 15) is 32.3 Å². The number of ether oxygens (including phenoxy) is 2. The minimum Gasteiger partial charge on any atom is -0.496 e. The quantitative estimate of drug-likeness (QED) is 0.137. The molecular weight excluding hydrogens is 824 g/mol. The van der Waals surface area contributed by atoms with Crippen molar-refractivity contribution in [3.05, 3.63) is 47.5 Å². The van der Waals surface area contributed by atoms with E-state index in [1.165, 1.54) is 21.1 Å². The molecule has 61 heavy (non-hydrogen) atoms. The van der Waals surface area contributed by atoms with Crippen LogP contribution in [0.5, 0.6) is 11.5 Å².